The predicted molar refractivity (Wildman–Crippen MR) is 93.6 cm³/mol. The Balaban J connectivity index is 1.74. The number of carbonyl (C=O) groups excluding carboxylic acids is 1. The van der Waals surface area contributed by atoms with Crippen LogP contribution in [-0.4, -0.2) is 20.8 Å². The van der Waals surface area contributed by atoms with E-state index in [1.807, 2.05) is 7.05 Å². The average Bonchev–Trinajstić information content (AvgIpc) is 3.07. The molecule has 0 fully saturated rings. The molecule has 0 spiro atoms. The zero-order valence-corrected chi connectivity index (χ0v) is 16.1. The quantitative estimate of drug-likeness (QED) is 0.866. The maximum atomic E-state index is 12.6. The second-order valence-electron chi connectivity index (χ2n) is 7.48. The molecule has 2 aromatic rings. The molecule has 1 atom stereocenters. The molecular weight excluding hydrogens is 372 g/mol. The molecule has 2 heterocycles. The molecular formula is C17H23BrN4O2. The van der Waals surface area contributed by atoms with Crippen molar-refractivity contribution in [1.29, 1.82) is 0 Å². The normalized spacial score (nSPS) is 17.6. The highest BCUT2D eigenvalue weighted by atomic mass is 79.9. The molecule has 0 saturated heterocycles. The van der Waals surface area contributed by atoms with Gasteiger partial charge in [-0.3, -0.25) is 9.48 Å². The number of aromatic nitrogens is 3. The van der Waals surface area contributed by atoms with E-state index < -0.39 is 0 Å². The van der Waals surface area contributed by atoms with Crippen molar-refractivity contribution in [1.82, 2.24) is 20.3 Å². The molecule has 1 aliphatic rings. The van der Waals surface area contributed by atoms with Gasteiger partial charge in [0.25, 0.3) is 5.91 Å². The Morgan fingerprint density at radius 3 is 2.88 bits per heavy atom. The topological polar surface area (TPSA) is 73.0 Å². The van der Waals surface area contributed by atoms with Gasteiger partial charge in [-0.25, -0.2) is 0 Å². The molecule has 0 aromatic carbocycles. The molecule has 6 nitrogen and oxygen atoms in total. The maximum Gasteiger partial charge on any atom is 0.274 e. The third kappa shape index (κ3) is 3.27. The maximum absolute atomic E-state index is 12.6. The molecule has 2 aromatic heterocycles. The van der Waals surface area contributed by atoms with Crippen molar-refractivity contribution in [3.8, 4) is 0 Å². The van der Waals surface area contributed by atoms with Crippen molar-refractivity contribution in [2.75, 3.05) is 0 Å². The highest BCUT2D eigenvalue weighted by Gasteiger charge is 2.34. The highest BCUT2D eigenvalue weighted by molar-refractivity contribution is 9.10. The first kappa shape index (κ1) is 17.2. The van der Waals surface area contributed by atoms with Gasteiger partial charge in [-0.2, -0.15) is 5.10 Å². The number of fused-ring (bicyclic) bond motifs is 1. The summed E-state index contributed by atoms with van der Waals surface area (Å²) in [5.41, 5.74) is 2.52. The Morgan fingerprint density at radius 1 is 1.50 bits per heavy atom. The molecule has 1 aliphatic carbocycles. The summed E-state index contributed by atoms with van der Waals surface area (Å²) in [4.78, 5) is 12.6. The smallest absolute Gasteiger partial charge is 0.274 e. The van der Waals surface area contributed by atoms with Gasteiger partial charge < -0.3 is 9.84 Å². The number of aryl methyl sites for hydroxylation is 2. The molecule has 0 bridgehead atoms. The van der Waals surface area contributed by atoms with Crippen LogP contribution in [0, 0.1) is 11.3 Å². The van der Waals surface area contributed by atoms with Crippen LogP contribution in [0.25, 0.3) is 0 Å². The van der Waals surface area contributed by atoms with E-state index in [1.54, 1.807) is 10.9 Å². The zero-order chi connectivity index (χ0) is 17.5. The number of hydrogen-bond acceptors (Lipinski definition) is 4. The zero-order valence-electron chi connectivity index (χ0n) is 14.5. The SMILES string of the molecule is Cn1ncc(Br)c1CNC(=O)c1noc2c1CC(C(C)(C)C)CC2. The molecule has 0 saturated carbocycles. The Hall–Kier alpha value is -1.63. The lowest BCUT2D eigenvalue weighted by molar-refractivity contribution is 0.0939. The first-order valence-electron chi connectivity index (χ1n) is 8.19. The number of amides is 1. The third-order valence-electron chi connectivity index (χ3n) is 4.91. The van der Waals surface area contributed by atoms with Gasteiger partial charge in [0.2, 0.25) is 0 Å². The molecule has 0 radical (unpaired) electrons. The summed E-state index contributed by atoms with van der Waals surface area (Å²) in [5, 5.41) is 11.1. The second kappa shape index (κ2) is 6.35. The number of carbonyl (C=O) groups is 1. The molecule has 1 amide bonds. The van der Waals surface area contributed by atoms with Crippen molar-refractivity contribution in [2.45, 2.75) is 46.6 Å². The van der Waals surface area contributed by atoms with Crippen LogP contribution < -0.4 is 5.32 Å². The minimum absolute atomic E-state index is 0.192. The van der Waals surface area contributed by atoms with Crippen LogP contribution in [0.2, 0.25) is 0 Å². The fraction of sp³-hybridized carbons (Fsp3) is 0.588. The molecule has 3 rings (SSSR count). The van der Waals surface area contributed by atoms with Gasteiger partial charge >= 0.3 is 0 Å². The Labute approximate surface area is 150 Å². The number of nitrogens with zero attached hydrogens (tertiary/aromatic N) is 3. The van der Waals surface area contributed by atoms with Crippen molar-refractivity contribution < 1.29 is 9.32 Å². The summed E-state index contributed by atoms with van der Waals surface area (Å²) in [6, 6.07) is 0. The molecule has 24 heavy (non-hydrogen) atoms. The fourth-order valence-corrected chi connectivity index (χ4v) is 3.69. The van der Waals surface area contributed by atoms with Crippen LogP contribution >= 0.6 is 15.9 Å². The first-order chi connectivity index (χ1) is 11.3. The summed E-state index contributed by atoms with van der Waals surface area (Å²) in [6.45, 7) is 7.13. The molecule has 1 unspecified atom stereocenters. The van der Waals surface area contributed by atoms with Gasteiger partial charge in [0.1, 0.15) is 5.76 Å². The van der Waals surface area contributed by atoms with E-state index in [-0.39, 0.29) is 11.3 Å². The van der Waals surface area contributed by atoms with Gasteiger partial charge in [0, 0.05) is 19.0 Å². The number of halogens is 1. The largest absolute Gasteiger partial charge is 0.360 e. The number of rotatable bonds is 3. The van der Waals surface area contributed by atoms with Crippen molar-refractivity contribution in [3.63, 3.8) is 0 Å². The van der Waals surface area contributed by atoms with Crippen molar-refractivity contribution >= 4 is 21.8 Å². The van der Waals surface area contributed by atoms with Crippen molar-refractivity contribution in [3.05, 3.63) is 33.4 Å². The van der Waals surface area contributed by atoms with Crippen LogP contribution in [0.5, 0.6) is 0 Å². The number of nitrogens with one attached hydrogen (secondary N) is 1. The van der Waals surface area contributed by atoms with Gasteiger partial charge in [0.15, 0.2) is 5.69 Å². The van der Waals surface area contributed by atoms with E-state index in [9.17, 15) is 4.79 Å². The lowest BCUT2D eigenvalue weighted by Crippen LogP contribution is -2.29. The van der Waals surface area contributed by atoms with E-state index >= 15 is 0 Å². The molecule has 0 aliphatic heterocycles. The predicted octanol–water partition coefficient (Wildman–Crippen LogP) is 3.25. The second-order valence-corrected chi connectivity index (χ2v) is 8.34. The standard InChI is InChI=1S/C17H23BrN4O2/c1-17(2,3)10-5-6-14-11(7-10)15(21-24-14)16(23)19-9-13-12(18)8-20-22(13)4/h8,10H,5-7,9H2,1-4H3,(H,19,23). The lowest BCUT2D eigenvalue weighted by atomic mass is 9.71. The van der Waals surface area contributed by atoms with Gasteiger partial charge in [-0.15, -0.1) is 0 Å². The molecule has 7 heteroatoms. The first-order valence-corrected chi connectivity index (χ1v) is 8.98. The molecule has 1 N–H and O–H groups in total. The molecule has 130 valence electrons. The minimum Gasteiger partial charge on any atom is -0.360 e. The van der Waals surface area contributed by atoms with Crippen LogP contribution in [0.1, 0.15) is 54.7 Å². The van der Waals surface area contributed by atoms with Crippen LogP contribution in [0.3, 0.4) is 0 Å². The lowest BCUT2D eigenvalue weighted by Gasteiger charge is -2.33. The third-order valence-corrected chi connectivity index (χ3v) is 5.57. The Bertz CT molecular complexity index is 738. The Kier molecular flexibility index (Phi) is 4.55. The van der Waals surface area contributed by atoms with Gasteiger partial charge in [0.05, 0.1) is 22.9 Å². The summed E-state index contributed by atoms with van der Waals surface area (Å²) < 4.78 is 8.03. The van der Waals surface area contributed by atoms with Gasteiger partial charge in [-0.05, 0) is 40.1 Å². The van der Waals surface area contributed by atoms with E-state index in [2.05, 4.69) is 52.3 Å². The highest BCUT2D eigenvalue weighted by Crippen LogP contribution is 2.38. The summed E-state index contributed by atoms with van der Waals surface area (Å²) in [7, 11) is 1.85. The average molecular weight is 395 g/mol. The summed E-state index contributed by atoms with van der Waals surface area (Å²) in [5.74, 6) is 1.20. The minimum atomic E-state index is -0.192. The monoisotopic (exact) mass is 394 g/mol. The number of hydrogen-bond donors (Lipinski definition) is 1. The van der Waals surface area contributed by atoms with E-state index in [0.717, 1.165) is 40.8 Å². The van der Waals surface area contributed by atoms with Gasteiger partial charge in [-0.1, -0.05) is 25.9 Å². The Morgan fingerprint density at radius 2 is 2.25 bits per heavy atom. The van der Waals surface area contributed by atoms with Crippen LogP contribution in [0.15, 0.2) is 15.2 Å². The summed E-state index contributed by atoms with van der Waals surface area (Å²) >= 11 is 3.44. The van der Waals surface area contributed by atoms with Crippen LogP contribution in [0.4, 0.5) is 0 Å². The summed E-state index contributed by atoms with van der Waals surface area (Å²) in [6.07, 6.45) is 4.49. The van der Waals surface area contributed by atoms with E-state index in [4.69, 9.17) is 4.52 Å². The van der Waals surface area contributed by atoms with Crippen molar-refractivity contribution in [2.24, 2.45) is 18.4 Å². The van der Waals surface area contributed by atoms with E-state index in [0.29, 0.717) is 18.2 Å². The van der Waals surface area contributed by atoms with Crippen LogP contribution in [-0.2, 0) is 26.4 Å². The van der Waals surface area contributed by atoms with E-state index in [1.165, 1.54) is 0 Å². The fourth-order valence-electron chi connectivity index (χ4n) is 3.20.